The highest BCUT2D eigenvalue weighted by Crippen LogP contribution is 2.15. The van der Waals surface area contributed by atoms with Crippen molar-refractivity contribution in [1.29, 1.82) is 0 Å². The summed E-state index contributed by atoms with van der Waals surface area (Å²) < 4.78 is 0. The van der Waals surface area contributed by atoms with Crippen molar-refractivity contribution in [1.82, 2.24) is 5.32 Å². The molecule has 0 fully saturated rings. The number of thioether (sulfide) groups is 1. The predicted octanol–water partition coefficient (Wildman–Crippen LogP) is 4.04. The van der Waals surface area contributed by atoms with Gasteiger partial charge in [0.2, 0.25) is 0 Å². The highest BCUT2D eigenvalue weighted by molar-refractivity contribution is 7.98. The average molecular weight is 310 g/mol. The molecule has 0 spiro atoms. The van der Waals surface area contributed by atoms with E-state index in [1.54, 1.807) is 0 Å². The Morgan fingerprint density at radius 1 is 1.10 bits per heavy atom. The minimum Gasteiger partial charge on any atom is -0.387 e. The molecule has 0 aliphatic heterocycles. The first-order valence-electron chi connectivity index (χ1n) is 8.10. The molecule has 0 heterocycles. The van der Waals surface area contributed by atoms with Gasteiger partial charge in [-0.1, -0.05) is 44.5 Å². The molecular weight excluding hydrogens is 278 g/mol. The number of unbranched alkanes of at least 4 members (excludes halogenated alkanes) is 2. The van der Waals surface area contributed by atoms with Crippen molar-refractivity contribution in [3.63, 3.8) is 0 Å². The van der Waals surface area contributed by atoms with Crippen molar-refractivity contribution in [3.05, 3.63) is 35.4 Å². The molecule has 1 rings (SSSR count). The predicted molar refractivity (Wildman–Crippen MR) is 95.0 cm³/mol. The second-order valence-electron chi connectivity index (χ2n) is 6.11. The largest absolute Gasteiger partial charge is 0.387 e. The van der Waals surface area contributed by atoms with Crippen LogP contribution in [-0.4, -0.2) is 30.2 Å². The zero-order valence-electron chi connectivity index (χ0n) is 13.8. The molecule has 1 aromatic carbocycles. The third kappa shape index (κ3) is 8.50. The summed E-state index contributed by atoms with van der Waals surface area (Å²) in [6, 6.07) is 8.40. The van der Waals surface area contributed by atoms with Crippen LogP contribution in [0.2, 0.25) is 0 Å². The van der Waals surface area contributed by atoms with Crippen molar-refractivity contribution in [2.45, 2.75) is 45.6 Å². The van der Waals surface area contributed by atoms with Gasteiger partial charge in [-0.15, -0.1) is 0 Å². The molecule has 1 aromatic rings. The lowest BCUT2D eigenvalue weighted by molar-refractivity contribution is 0.174. The Hall–Kier alpha value is -0.510. The molecule has 0 bridgehead atoms. The number of benzene rings is 1. The van der Waals surface area contributed by atoms with E-state index in [4.69, 9.17) is 0 Å². The molecular formula is C18H31NOS. The average Bonchev–Trinajstić information content (AvgIpc) is 2.46. The molecule has 2 nitrogen and oxygen atoms in total. The summed E-state index contributed by atoms with van der Waals surface area (Å²) in [5.41, 5.74) is 2.36. The Morgan fingerprint density at radius 2 is 1.81 bits per heavy atom. The monoisotopic (exact) mass is 309 g/mol. The lowest BCUT2D eigenvalue weighted by atomic mass is 10.0. The van der Waals surface area contributed by atoms with Crippen LogP contribution in [0.1, 0.15) is 50.3 Å². The minimum atomic E-state index is -0.399. The quantitative estimate of drug-likeness (QED) is 0.605. The van der Waals surface area contributed by atoms with Gasteiger partial charge in [-0.2, -0.15) is 11.8 Å². The zero-order chi connectivity index (χ0) is 15.5. The Kier molecular flexibility index (Phi) is 9.81. The van der Waals surface area contributed by atoms with E-state index in [1.165, 1.54) is 30.6 Å². The maximum absolute atomic E-state index is 10.2. The van der Waals surface area contributed by atoms with Crippen LogP contribution in [0.5, 0.6) is 0 Å². The third-order valence-corrected chi connectivity index (χ3v) is 4.25. The number of nitrogens with one attached hydrogen (secondary N) is 1. The molecule has 0 saturated heterocycles. The second-order valence-corrected chi connectivity index (χ2v) is 7.10. The molecule has 1 atom stereocenters. The van der Waals surface area contributed by atoms with Crippen LogP contribution >= 0.6 is 11.8 Å². The van der Waals surface area contributed by atoms with Crippen LogP contribution in [0.4, 0.5) is 0 Å². The van der Waals surface area contributed by atoms with E-state index in [2.05, 4.69) is 49.7 Å². The molecule has 0 aromatic heterocycles. The van der Waals surface area contributed by atoms with E-state index in [0.717, 1.165) is 18.5 Å². The molecule has 0 aliphatic rings. The number of rotatable bonds is 11. The van der Waals surface area contributed by atoms with Crippen LogP contribution in [-0.2, 0) is 6.42 Å². The number of aliphatic hydroxyl groups is 1. The van der Waals surface area contributed by atoms with Gasteiger partial charge in [0.15, 0.2) is 0 Å². The van der Waals surface area contributed by atoms with E-state index >= 15 is 0 Å². The normalized spacial score (nSPS) is 12.8. The van der Waals surface area contributed by atoms with Crippen LogP contribution < -0.4 is 5.32 Å². The molecule has 2 N–H and O–H groups in total. The van der Waals surface area contributed by atoms with Crippen molar-refractivity contribution in [2.24, 2.45) is 5.92 Å². The van der Waals surface area contributed by atoms with Gasteiger partial charge >= 0.3 is 0 Å². The molecule has 0 aliphatic carbocycles. The Labute approximate surface area is 134 Å². The molecule has 120 valence electrons. The van der Waals surface area contributed by atoms with Gasteiger partial charge in [-0.25, -0.2) is 0 Å². The Bertz CT molecular complexity index is 364. The maximum Gasteiger partial charge on any atom is 0.0914 e. The van der Waals surface area contributed by atoms with Crippen molar-refractivity contribution in [2.75, 3.05) is 25.1 Å². The van der Waals surface area contributed by atoms with Gasteiger partial charge in [-0.05, 0) is 54.9 Å². The highest BCUT2D eigenvalue weighted by Gasteiger charge is 2.07. The van der Waals surface area contributed by atoms with Gasteiger partial charge in [0, 0.05) is 6.54 Å². The van der Waals surface area contributed by atoms with Gasteiger partial charge in [0.1, 0.15) is 0 Å². The van der Waals surface area contributed by atoms with E-state index in [-0.39, 0.29) is 0 Å². The number of hydrogen-bond acceptors (Lipinski definition) is 3. The third-order valence-electron chi connectivity index (χ3n) is 3.55. The topological polar surface area (TPSA) is 32.3 Å². The highest BCUT2D eigenvalue weighted by atomic mass is 32.2. The first kappa shape index (κ1) is 18.5. The fraction of sp³-hybridized carbons (Fsp3) is 0.667. The lowest BCUT2D eigenvalue weighted by Crippen LogP contribution is -2.22. The van der Waals surface area contributed by atoms with E-state index in [9.17, 15) is 5.11 Å². The molecule has 21 heavy (non-hydrogen) atoms. The van der Waals surface area contributed by atoms with Crippen LogP contribution in [0.3, 0.4) is 0 Å². The Morgan fingerprint density at radius 3 is 2.43 bits per heavy atom. The summed E-state index contributed by atoms with van der Waals surface area (Å²) >= 11 is 1.91. The number of aliphatic hydroxyl groups excluding tert-OH is 1. The van der Waals surface area contributed by atoms with Crippen molar-refractivity contribution in [3.8, 4) is 0 Å². The van der Waals surface area contributed by atoms with Gasteiger partial charge in [-0.3, -0.25) is 0 Å². The molecule has 1 unspecified atom stereocenters. The fourth-order valence-electron chi connectivity index (χ4n) is 2.38. The minimum absolute atomic E-state index is 0.399. The maximum atomic E-state index is 10.2. The van der Waals surface area contributed by atoms with E-state index < -0.39 is 6.10 Å². The summed E-state index contributed by atoms with van der Waals surface area (Å²) in [5, 5.41) is 13.5. The fourth-order valence-corrected chi connectivity index (χ4v) is 2.87. The van der Waals surface area contributed by atoms with Crippen LogP contribution in [0, 0.1) is 5.92 Å². The van der Waals surface area contributed by atoms with Crippen LogP contribution in [0.15, 0.2) is 24.3 Å². The van der Waals surface area contributed by atoms with E-state index in [1.807, 2.05) is 11.8 Å². The van der Waals surface area contributed by atoms with Crippen molar-refractivity contribution >= 4 is 11.8 Å². The molecule has 3 heteroatoms. The van der Waals surface area contributed by atoms with Gasteiger partial charge in [0.25, 0.3) is 0 Å². The first-order valence-corrected chi connectivity index (χ1v) is 9.49. The smallest absolute Gasteiger partial charge is 0.0914 e. The number of hydrogen-bond donors (Lipinski definition) is 2. The molecule has 0 saturated carbocycles. The van der Waals surface area contributed by atoms with E-state index in [0.29, 0.717) is 12.5 Å². The summed E-state index contributed by atoms with van der Waals surface area (Å²) in [5.74, 6) is 1.93. The summed E-state index contributed by atoms with van der Waals surface area (Å²) in [6.45, 7) is 6.10. The molecule has 0 amide bonds. The molecule has 0 radical (unpaired) electrons. The van der Waals surface area contributed by atoms with Crippen molar-refractivity contribution < 1.29 is 5.11 Å². The summed E-state index contributed by atoms with van der Waals surface area (Å²) in [4.78, 5) is 0. The summed E-state index contributed by atoms with van der Waals surface area (Å²) in [7, 11) is 0. The van der Waals surface area contributed by atoms with Crippen LogP contribution in [0.25, 0.3) is 0 Å². The second kappa shape index (κ2) is 11.1. The standard InChI is InChI=1S/C18H31NOS/c1-15(2)13-16-7-9-17(10-8-16)18(20)14-19-11-5-4-6-12-21-3/h7-10,15,18-20H,4-6,11-14H2,1-3H3. The summed E-state index contributed by atoms with van der Waals surface area (Å²) in [6.07, 6.45) is 6.62. The van der Waals surface area contributed by atoms with Gasteiger partial charge in [0.05, 0.1) is 6.10 Å². The first-order chi connectivity index (χ1) is 10.1. The van der Waals surface area contributed by atoms with Gasteiger partial charge < -0.3 is 10.4 Å². The Balaban J connectivity index is 2.21. The SMILES string of the molecule is CSCCCCCNCC(O)c1ccc(CC(C)C)cc1. The lowest BCUT2D eigenvalue weighted by Gasteiger charge is -2.13. The zero-order valence-corrected chi connectivity index (χ0v) is 14.6.